The minimum Gasteiger partial charge on any atom is -0.487 e. The lowest BCUT2D eigenvalue weighted by Gasteiger charge is -2.32. The number of aromatic carboxylic acids is 1. The Kier molecular flexibility index (Phi) is 7.69. The van der Waals surface area contributed by atoms with Gasteiger partial charge in [0.1, 0.15) is 17.4 Å². The number of benzene rings is 2. The van der Waals surface area contributed by atoms with E-state index in [-0.39, 0.29) is 29.5 Å². The number of carboxylic acid groups (broad SMARTS) is 1. The third-order valence-corrected chi connectivity index (χ3v) is 7.87. The Morgan fingerprint density at radius 1 is 1.07 bits per heavy atom. The van der Waals surface area contributed by atoms with E-state index in [2.05, 4.69) is 9.88 Å². The first-order valence-corrected chi connectivity index (χ1v) is 13.9. The molecule has 0 saturated carbocycles. The summed E-state index contributed by atoms with van der Waals surface area (Å²) in [6, 6.07) is 15.9. The molecule has 10 heteroatoms. The third-order valence-electron chi connectivity index (χ3n) is 7.61. The van der Waals surface area contributed by atoms with Gasteiger partial charge in [0.2, 0.25) is 0 Å². The number of imidazole rings is 1. The summed E-state index contributed by atoms with van der Waals surface area (Å²) in [5.74, 6) is -0.265. The second kappa shape index (κ2) is 11.5. The molecule has 0 unspecified atom stereocenters. The van der Waals surface area contributed by atoms with Gasteiger partial charge in [-0.1, -0.05) is 35.9 Å². The minimum atomic E-state index is -1.06. The molecular formula is C30H30ClFN4O4. The van der Waals surface area contributed by atoms with Gasteiger partial charge in [0, 0.05) is 31.1 Å². The number of carboxylic acids is 1. The Balaban J connectivity index is 1.11. The van der Waals surface area contributed by atoms with Crippen molar-refractivity contribution >= 4 is 28.7 Å². The van der Waals surface area contributed by atoms with E-state index in [1.54, 1.807) is 18.2 Å². The summed E-state index contributed by atoms with van der Waals surface area (Å²) in [7, 11) is 0. The van der Waals surface area contributed by atoms with Gasteiger partial charge in [-0.05, 0) is 60.7 Å². The summed E-state index contributed by atoms with van der Waals surface area (Å²) >= 11 is 5.98. The number of pyridine rings is 1. The molecule has 1 N–H and O–H groups in total. The van der Waals surface area contributed by atoms with Crippen molar-refractivity contribution in [2.45, 2.75) is 51.0 Å². The van der Waals surface area contributed by atoms with E-state index >= 15 is 4.39 Å². The molecule has 208 valence electrons. The van der Waals surface area contributed by atoms with E-state index in [1.165, 1.54) is 6.07 Å². The molecule has 2 aromatic carbocycles. The number of carbonyl (C=O) groups is 1. The van der Waals surface area contributed by atoms with Crippen LogP contribution in [-0.2, 0) is 24.2 Å². The zero-order valence-electron chi connectivity index (χ0n) is 21.9. The van der Waals surface area contributed by atoms with Crippen LogP contribution in [0, 0.1) is 5.82 Å². The first-order chi connectivity index (χ1) is 19.4. The zero-order chi connectivity index (χ0) is 27.6. The van der Waals surface area contributed by atoms with Crippen molar-refractivity contribution < 1.29 is 23.8 Å². The second-order valence-corrected chi connectivity index (χ2v) is 10.8. The molecule has 0 bridgehead atoms. The average molecular weight is 565 g/mol. The molecule has 2 saturated heterocycles. The van der Waals surface area contributed by atoms with Crippen LogP contribution in [0.5, 0.6) is 5.75 Å². The van der Waals surface area contributed by atoms with Crippen LogP contribution in [0.25, 0.3) is 11.2 Å². The Labute approximate surface area is 236 Å². The number of rotatable bonds is 9. The van der Waals surface area contributed by atoms with Crippen LogP contribution in [0.15, 0.2) is 54.6 Å². The standard InChI is InChI=1S/C30H30ClFN4O4/c31-21-6-4-19(5-7-21)16-20-2-1-3-26(28(20)32)40-22-10-13-35(14-11-22)18-27-33-24-8-9-25(30(37)38)34-29(24)36(27)17-23-12-15-39-23/h1-9,22-23H,10-18H2,(H,37,38)/t23-/m0/s1. The molecule has 6 rings (SSSR count). The predicted molar refractivity (Wildman–Crippen MR) is 148 cm³/mol. The molecule has 2 aromatic heterocycles. The summed E-state index contributed by atoms with van der Waals surface area (Å²) in [4.78, 5) is 23.0. The van der Waals surface area contributed by atoms with Crippen LogP contribution in [0.1, 0.15) is 46.7 Å². The zero-order valence-corrected chi connectivity index (χ0v) is 22.7. The first-order valence-electron chi connectivity index (χ1n) is 13.5. The van der Waals surface area contributed by atoms with Crippen molar-refractivity contribution in [1.29, 1.82) is 0 Å². The van der Waals surface area contributed by atoms with Crippen molar-refractivity contribution in [2.24, 2.45) is 0 Å². The van der Waals surface area contributed by atoms with Crippen molar-refractivity contribution in [3.8, 4) is 5.75 Å². The van der Waals surface area contributed by atoms with Crippen molar-refractivity contribution in [2.75, 3.05) is 19.7 Å². The maximum Gasteiger partial charge on any atom is 0.354 e. The lowest BCUT2D eigenvalue weighted by molar-refractivity contribution is -0.0593. The molecule has 2 aliphatic heterocycles. The van der Waals surface area contributed by atoms with E-state index in [9.17, 15) is 9.90 Å². The predicted octanol–water partition coefficient (Wildman–Crippen LogP) is 5.35. The van der Waals surface area contributed by atoms with Crippen molar-refractivity contribution in [3.63, 3.8) is 0 Å². The fourth-order valence-corrected chi connectivity index (χ4v) is 5.41. The van der Waals surface area contributed by atoms with E-state index in [0.717, 1.165) is 50.3 Å². The van der Waals surface area contributed by atoms with E-state index < -0.39 is 5.97 Å². The number of likely N-dealkylation sites (tertiary alicyclic amines) is 1. The van der Waals surface area contributed by atoms with E-state index in [0.29, 0.717) is 41.3 Å². The minimum absolute atomic E-state index is 0.00263. The molecule has 0 spiro atoms. The molecule has 2 aliphatic rings. The molecule has 0 radical (unpaired) electrons. The number of fused-ring (bicyclic) bond motifs is 1. The lowest BCUT2D eigenvalue weighted by atomic mass is 10.0. The van der Waals surface area contributed by atoms with E-state index in [1.807, 2.05) is 34.9 Å². The molecule has 2 fully saturated rings. The highest BCUT2D eigenvalue weighted by molar-refractivity contribution is 6.30. The van der Waals surface area contributed by atoms with Gasteiger partial charge >= 0.3 is 5.97 Å². The van der Waals surface area contributed by atoms with Gasteiger partial charge in [0.25, 0.3) is 0 Å². The molecule has 40 heavy (non-hydrogen) atoms. The van der Waals surface area contributed by atoms with Crippen molar-refractivity contribution in [3.05, 3.63) is 88.1 Å². The Hall–Kier alpha value is -3.53. The lowest BCUT2D eigenvalue weighted by Crippen LogP contribution is -2.39. The van der Waals surface area contributed by atoms with Gasteiger partial charge in [-0.25, -0.2) is 19.2 Å². The van der Waals surface area contributed by atoms with Crippen LogP contribution in [0.3, 0.4) is 0 Å². The summed E-state index contributed by atoms with van der Waals surface area (Å²) < 4.78 is 29.1. The number of ether oxygens (including phenoxy) is 2. The quantitative estimate of drug-likeness (QED) is 0.293. The Morgan fingerprint density at radius 3 is 2.55 bits per heavy atom. The topological polar surface area (TPSA) is 89.7 Å². The van der Waals surface area contributed by atoms with Crippen LogP contribution in [0.2, 0.25) is 5.02 Å². The highest BCUT2D eigenvalue weighted by Gasteiger charge is 2.26. The highest BCUT2D eigenvalue weighted by atomic mass is 35.5. The number of aromatic nitrogens is 3. The van der Waals surface area contributed by atoms with Crippen molar-refractivity contribution in [1.82, 2.24) is 19.4 Å². The molecule has 4 aromatic rings. The summed E-state index contributed by atoms with van der Waals surface area (Å²) in [5, 5.41) is 10.1. The number of piperidine rings is 1. The fraction of sp³-hybridized carbons (Fsp3) is 0.367. The average Bonchev–Trinajstić information content (AvgIpc) is 3.26. The number of nitrogens with zero attached hydrogens (tertiary/aromatic N) is 4. The fourth-order valence-electron chi connectivity index (χ4n) is 5.28. The van der Waals surface area contributed by atoms with Crippen LogP contribution < -0.4 is 4.74 Å². The highest BCUT2D eigenvalue weighted by Crippen LogP contribution is 2.27. The monoisotopic (exact) mass is 564 g/mol. The normalized spacial score (nSPS) is 18.1. The van der Waals surface area contributed by atoms with Gasteiger partial charge in [0.15, 0.2) is 22.9 Å². The summed E-state index contributed by atoms with van der Waals surface area (Å²) in [6.45, 7) is 3.47. The Bertz CT molecular complexity index is 1510. The smallest absolute Gasteiger partial charge is 0.354 e. The largest absolute Gasteiger partial charge is 0.487 e. The van der Waals surface area contributed by atoms with Gasteiger partial charge in [0.05, 0.1) is 19.2 Å². The van der Waals surface area contributed by atoms with Gasteiger partial charge in [-0.3, -0.25) is 4.90 Å². The first kappa shape index (κ1) is 26.7. The third kappa shape index (κ3) is 5.82. The molecule has 0 aliphatic carbocycles. The van der Waals surface area contributed by atoms with E-state index in [4.69, 9.17) is 26.1 Å². The van der Waals surface area contributed by atoms with Crippen LogP contribution >= 0.6 is 11.6 Å². The number of halogens is 2. The van der Waals surface area contributed by atoms with Gasteiger partial charge < -0.3 is 19.1 Å². The molecule has 4 heterocycles. The van der Waals surface area contributed by atoms with Crippen LogP contribution in [-0.4, -0.2) is 62.4 Å². The SMILES string of the molecule is O=C(O)c1ccc2nc(CN3CCC(Oc4cccc(Cc5ccc(Cl)cc5)c4F)CC3)n(C[C@@H]3CCO3)c2n1. The number of hydrogen-bond acceptors (Lipinski definition) is 6. The molecule has 0 amide bonds. The van der Waals surface area contributed by atoms with Gasteiger partial charge in [-0.15, -0.1) is 0 Å². The molecule has 1 atom stereocenters. The molecular weight excluding hydrogens is 535 g/mol. The summed E-state index contributed by atoms with van der Waals surface area (Å²) in [6.07, 6.45) is 2.93. The number of hydrogen-bond donors (Lipinski definition) is 1. The second-order valence-electron chi connectivity index (χ2n) is 10.4. The maximum atomic E-state index is 15.3. The maximum absolute atomic E-state index is 15.3. The van der Waals surface area contributed by atoms with Crippen LogP contribution in [0.4, 0.5) is 4.39 Å². The van der Waals surface area contributed by atoms with Gasteiger partial charge in [-0.2, -0.15) is 0 Å². The summed E-state index contributed by atoms with van der Waals surface area (Å²) in [5.41, 5.74) is 2.81. The molecule has 8 nitrogen and oxygen atoms in total. The Morgan fingerprint density at radius 2 is 1.85 bits per heavy atom.